The predicted molar refractivity (Wildman–Crippen MR) is 62.7 cm³/mol. The van der Waals surface area contributed by atoms with E-state index < -0.39 is 0 Å². The maximum Gasteiger partial charge on any atom is 0.0342 e. The molecule has 0 saturated carbocycles. The van der Waals surface area contributed by atoms with Crippen LogP contribution in [-0.4, -0.2) is 13.1 Å². The number of hydrogen-bond donors (Lipinski definition) is 2. The van der Waals surface area contributed by atoms with Crippen LogP contribution in [0.5, 0.6) is 0 Å². The topological polar surface area (TPSA) is 24.1 Å². The molecule has 0 bridgehead atoms. The molecule has 0 saturated heterocycles. The molecule has 0 aromatic heterocycles. The minimum absolute atomic E-state index is 0.420. The van der Waals surface area contributed by atoms with Gasteiger partial charge >= 0.3 is 0 Å². The van der Waals surface area contributed by atoms with E-state index in [9.17, 15) is 0 Å². The minimum atomic E-state index is 0.420. The molecule has 0 spiro atoms. The zero-order valence-electron chi connectivity index (χ0n) is 9.46. The molecule has 1 aromatic carbocycles. The standard InChI is InChI=1S/C12H20N2/c1-9(2)14-12-7-5-11(6-8-12)10(3)13-4/h5-10,13-14H,1-4H3. The summed E-state index contributed by atoms with van der Waals surface area (Å²) in [4.78, 5) is 0. The van der Waals surface area contributed by atoms with Crippen molar-refractivity contribution in [3.8, 4) is 0 Å². The highest BCUT2D eigenvalue weighted by Gasteiger charge is 2.01. The number of nitrogens with one attached hydrogen (secondary N) is 2. The Morgan fingerprint density at radius 2 is 1.57 bits per heavy atom. The van der Waals surface area contributed by atoms with Crippen LogP contribution in [-0.2, 0) is 0 Å². The highest BCUT2D eigenvalue weighted by atomic mass is 14.9. The van der Waals surface area contributed by atoms with Gasteiger partial charge in [0.1, 0.15) is 0 Å². The zero-order chi connectivity index (χ0) is 10.6. The summed E-state index contributed by atoms with van der Waals surface area (Å²) in [7, 11) is 1.98. The monoisotopic (exact) mass is 192 g/mol. The molecule has 78 valence electrons. The molecule has 0 heterocycles. The van der Waals surface area contributed by atoms with Crippen molar-refractivity contribution < 1.29 is 0 Å². The highest BCUT2D eigenvalue weighted by Crippen LogP contribution is 2.15. The van der Waals surface area contributed by atoms with Crippen LogP contribution in [0.1, 0.15) is 32.4 Å². The average Bonchev–Trinajstić information content (AvgIpc) is 2.17. The van der Waals surface area contributed by atoms with E-state index >= 15 is 0 Å². The van der Waals surface area contributed by atoms with Gasteiger partial charge in [-0.1, -0.05) is 12.1 Å². The molecule has 0 amide bonds. The maximum absolute atomic E-state index is 3.37. The van der Waals surface area contributed by atoms with Gasteiger partial charge < -0.3 is 10.6 Å². The molecule has 2 nitrogen and oxygen atoms in total. The van der Waals surface area contributed by atoms with Crippen molar-refractivity contribution in [2.45, 2.75) is 32.9 Å². The van der Waals surface area contributed by atoms with E-state index in [0.29, 0.717) is 12.1 Å². The fourth-order valence-corrected chi connectivity index (χ4v) is 1.37. The Morgan fingerprint density at radius 1 is 1.00 bits per heavy atom. The number of hydrogen-bond acceptors (Lipinski definition) is 2. The Morgan fingerprint density at radius 3 is 2.00 bits per heavy atom. The van der Waals surface area contributed by atoms with E-state index in [4.69, 9.17) is 0 Å². The lowest BCUT2D eigenvalue weighted by Crippen LogP contribution is -2.13. The summed E-state index contributed by atoms with van der Waals surface area (Å²) in [5.41, 5.74) is 2.51. The van der Waals surface area contributed by atoms with E-state index in [-0.39, 0.29) is 0 Å². The van der Waals surface area contributed by atoms with Gasteiger partial charge in [0.05, 0.1) is 0 Å². The van der Waals surface area contributed by atoms with Gasteiger partial charge in [-0.2, -0.15) is 0 Å². The van der Waals surface area contributed by atoms with Crippen LogP contribution in [0.2, 0.25) is 0 Å². The van der Waals surface area contributed by atoms with Crippen molar-refractivity contribution in [1.82, 2.24) is 5.32 Å². The lowest BCUT2D eigenvalue weighted by molar-refractivity contribution is 0.652. The van der Waals surface area contributed by atoms with Gasteiger partial charge in [0.2, 0.25) is 0 Å². The van der Waals surface area contributed by atoms with Gasteiger partial charge in [-0.15, -0.1) is 0 Å². The van der Waals surface area contributed by atoms with Crippen molar-refractivity contribution in [3.05, 3.63) is 29.8 Å². The Balaban J connectivity index is 2.68. The van der Waals surface area contributed by atoms with Gasteiger partial charge in [0.25, 0.3) is 0 Å². The normalized spacial score (nSPS) is 12.9. The smallest absolute Gasteiger partial charge is 0.0342 e. The molecule has 0 aliphatic rings. The summed E-state index contributed by atoms with van der Waals surface area (Å²) in [6.07, 6.45) is 0. The highest BCUT2D eigenvalue weighted by molar-refractivity contribution is 5.45. The Labute approximate surface area is 86.7 Å². The van der Waals surface area contributed by atoms with Crippen LogP contribution in [0.3, 0.4) is 0 Å². The lowest BCUT2D eigenvalue weighted by atomic mass is 10.1. The van der Waals surface area contributed by atoms with Crippen molar-refractivity contribution in [3.63, 3.8) is 0 Å². The van der Waals surface area contributed by atoms with Gasteiger partial charge in [-0.3, -0.25) is 0 Å². The summed E-state index contributed by atoms with van der Waals surface area (Å²) in [6, 6.07) is 9.48. The predicted octanol–water partition coefficient (Wildman–Crippen LogP) is 2.79. The van der Waals surface area contributed by atoms with Crippen LogP contribution in [0, 0.1) is 0 Å². The largest absolute Gasteiger partial charge is 0.383 e. The van der Waals surface area contributed by atoms with E-state index in [2.05, 4.69) is 55.7 Å². The van der Waals surface area contributed by atoms with E-state index in [1.165, 1.54) is 11.3 Å². The quantitative estimate of drug-likeness (QED) is 0.766. The third-order valence-corrected chi connectivity index (χ3v) is 2.30. The first-order valence-electron chi connectivity index (χ1n) is 5.17. The molecule has 1 rings (SSSR count). The van der Waals surface area contributed by atoms with Crippen molar-refractivity contribution >= 4 is 5.69 Å². The Kier molecular flexibility index (Phi) is 3.96. The first kappa shape index (κ1) is 11.1. The van der Waals surface area contributed by atoms with E-state index in [1.54, 1.807) is 0 Å². The first-order valence-corrected chi connectivity index (χ1v) is 5.17. The fraction of sp³-hybridized carbons (Fsp3) is 0.500. The molecule has 0 aliphatic carbocycles. The zero-order valence-corrected chi connectivity index (χ0v) is 9.46. The third kappa shape index (κ3) is 3.04. The number of rotatable bonds is 4. The lowest BCUT2D eigenvalue weighted by Gasteiger charge is -2.13. The summed E-state index contributed by atoms with van der Waals surface area (Å²) in [5.74, 6) is 0. The second-order valence-corrected chi connectivity index (χ2v) is 3.93. The second-order valence-electron chi connectivity index (χ2n) is 3.93. The second kappa shape index (κ2) is 5.01. The molecule has 1 atom stereocenters. The maximum atomic E-state index is 3.37. The number of anilines is 1. The molecule has 0 fully saturated rings. The van der Waals surface area contributed by atoms with E-state index in [1.807, 2.05) is 7.05 Å². The molecule has 0 radical (unpaired) electrons. The molecule has 2 N–H and O–H groups in total. The van der Waals surface area contributed by atoms with Gasteiger partial charge in [0, 0.05) is 17.8 Å². The SMILES string of the molecule is CNC(C)c1ccc(NC(C)C)cc1. The average molecular weight is 192 g/mol. The van der Waals surface area contributed by atoms with Crippen LogP contribution in [0.25, 0.3) is 0 Å². The van der Waals surface area contributed by atoms with Crippen molar-refractivity contribution in [2.24, 2.45) is 0 Å². The number of benzene rings is 1. The molecule has 14 heavy (non-hydrogen) atoms. The van der Waals surface area contributed by atoms with Crippen LogP contribution in [0.15, 0.2) is 24.3 Å². The summed E-state index contributed by atoms with van der Waals surface area (Å²) < 4.78 is 0. The molecular formula is C12H20N2. The van der Waals surface area contributed by atoms with Crippen molar-refractivity contribution in [2.75, 3.05) is 12.4 Å². The minimum Gasteiger partial charge on any atom is -0.383 e. The molecular weight excluding hydrogens is 172 g/mol. The van der Waals surface area contributed by atoms with Crippen LogP contribution < -0.4 is 10.6 Å². The molecule has 0 aliphatic heterocycles. The third-order valence-electron chi connectivity index (χ3n) is 2.30. The van der Waals surface area contributed by atoms with Crippen molar-refractivity contribution in [1.29, 1.82) is 0 Å². The molecule has 1 unspecified atom stereocenters. The summed E-state index contributed by atoms with van der Waals surface area (Å²) in [5, 5.41) is 6.59. The van der Waals surface area contributed by atoms with Crippen LogP contribution >= 0.6 is 0 Å². The first-order chi connectivity index (χ1) is 6.63. The summed E-state index contributed by atoms with van der Waals surface area (Å²) >= 11 is 0. The van der Waals surface area contributed by atoms with Gasteiger partial charge in [-0.25, -0.2) is 0 Å². The summed E-state index contributed by atoms with van der Waals surface area (Å²) in [6.45, 7) is 6.44. The fourth-order valence-electron chi connectivity index (χ4n) is 1.37. The Hall–Kier alpha value is -1.02. The Bertz CT molecular complexity index is 264. The van der Waals surface area contributed by atoms with Crippen LogP contribution in [0.4, 0.5) is 5.69 Å². The molecule has 2 heteroatoms. The van der Waals surface area contributed by atoms with Gasteiger partial charge in [0.15, 0.2) is 0 Å². The van der Waals surface area contributed by atoms with Gasteiger partial charge in [-0.05, 0) is 45.5 Å². The molecule has 1 aromatic rings. The van der Waals surface area contributed by atoms with E-state index in [0.717, 1.165) is 0 Å².